The van der Waals surface area contributed by atoms with E-state index in [-0.39, 0.29) is 47.6 Å². The lowest BCUT2D eigenvalue weighted by molar-refractivity contribution is -0.231. The van der Waals surface area contributed by atoms with Crippen molar-refractivity contribution >= 4 is 35.3 Å². The summed E-state index contributed by atoms with van der Waals surface area (Å²) in [4.78, 5) is 69.7. The molecule has 14 nitrogen and oxygen atoms in total. The third-order valence-electron chi connectivity index (χ3n) is 12.5. The van der Waals surface area contributed by atoms with Crippen LogP contribution in [0.1, 0.15) is 93.0 Å². The highest BCUT2D eigenvalue weighted by Crippen LogP contribution is 2.42. The summed E-state index contributed by atoms with van der Waals surface area (Å²) in [6, 6.07) is 18.9. The zero-order valence-corrected chi connectivity index (χ0v) is 38.4. The first-order valence-electron chi connectivity index (χ1n) is 22.6. The molecule has 1 aliphatic heterocycles. The van der Waals surface area contributed by atoms with E-state index in [9.17, 15) is 41.5 Å². The first kappa shape index (κ1) is 50.2. The van der Waals surface area contributed by atoms with Crippen LogP contribution in [0.2, 0.25) is 0 Å². The van der Waals surface area contributed by atoms with E-state index in [1.54, 1.807) is 25.9 Å². The highest BCUT2D eigenvalue weighted by molar-refractivity contribution is 5.96. The number of Topliss-reactive ketones (excluding diaryl/α,β-unsaturated/α-hetero) is 1. The van der Waals surface area contributed by atoms with E-state index in [1.807, 2.05) is 49.4 Å². The van der Waals surface area contributed by atoms with Gasteiger partial charge in [-0.25, -0.2) is 14.6 Å². The summed E-state index contributed by atoms with van der Waals surface area (Å²) in [6.07, 6.45) is 4.41. The quantitative estimate of drug-likeness (QED) is 0.0642. The van der Waals surface area contributed by atoms with Crippen LogP contribution in [0.5, 0.6) is 0 Å². The number of piperidine rings is 1. The Morgan fingerprint density at radius 3 is 2.06 bits per heavy atom. The van der Waals surface area contributed by atoms with Gasteiger partial charge in [0, 0.05) is 48.2 Å². The van der Waals surface area contributed by atoms with Crippen LogP contribution in [-0.2, 0) is 31.5 Å². The number of ether oxygens (including phenoxy) is 1. The molecule has 0 spiro atoms. The third-order valence-corrected chi connectivity index (χ3v) is 12.5. The van der Waals surface area contributed by atoms with Crippen LogP contribution in [0.4, 0.5) is 28.0 Å². The molecule has 0 radical (unpaired) electrons. The fourth-order valence-corrected chi connectivity index (χ4v) is 8.50. The lowest BCUT2D eigenvalue weighted by Gasteiger charge is -2.29. The van der Waals surface area contributed by atoms with Crippen LogP contribution in [-0.4, -0.2) is 99.6 Å². The number of carbonyl (C=O) groups is 5. The second kappa shape index (κ2) is 21.2. The van der Waals surface area contributed by atoms with Gasteiger partial charge >= 0.3 is 23.9 Å². The van der Waals surface area contributed by atoms with Crippen molar-refractivity contribution in [2.75, 3.05) is 38.5 Å². The number of aliphatic carboxylic acids is 1. The molecule has 1 saturated heterocycles. The monoisotopic (exact) mass is 933 g/mol. The Hall–Kier alpha value is -6.17. The summed E-state index contributed by atoms with van der Waals surface area (Å²) in [5.74, 6) is -16.7. The maximum Gasteiger partial charge on any atom is 0.411 e. The number of hydrogen-bond acceptors (Lipinski definition) is 9. The zero-order chi connectivity index (χ0) is 48.7. The first-order valence-corrected chi connectivity index (χ1v) is 22.6. The molecule has 0 unspecified atom stereocenters. The summed E-state index contributed by atoms with van der Waals surface area (Å²) in [6.45, 7) is 10.4. The normalized spacial score (nSPS) is 17.9. The molecule has 1 atom stereocenters. The number of carbonyl (C=O) groups excluding carboxylic acids is 4. The summed E-state index contributed by atoms with van der Waals surface area (Å²) >= 11 is 0. The van der Waals surface area contributed by atoms with Crippen molar-refractivity contribution in [1.82, 2.24) is 30.7 Å². The molecule has 1 aliphatic carbocycles. The standard InChI is InChI=1S/C49H59F4N7O7/c1-29-24-36(42(62)54-27-32-20-22-60(5)23-21-32)16-19-39(29)33-10-6-30(7-11-33)25-37(26-40(61)34-12-8-31(9-13-34)28-55-46(66)67-47(2,3)4)43(63)56-38-17-14-35(15-18-38)41-57-44(59-58-41)48(50,51)49(52,53)45(64)65/h6-7,10-11,14-19,24,31-32,34,37H,8-9,12-13,20-23,25-28H2,1-5H3,(H,54,62)(H,55,66)(H,56,63)(H,64,65)(H,57,58,59)/t31?,34?,37-/m1/s1. The number of nitrogens with one attached hydrogen (secondary N) is 4. The molecule has 2 aliphatic rings. The number of anilines is 1. The molecular formula is C49H59F4N7O7. The molecule has 0 bridgehead atoms. The number of hydrogen-bond donors (Lipinski definition) is 5. The fourth-order valence-electron chi connectivity index (χ4n) is 8.50. The molecular weight excluding hydrogens is 875 g/mol. The Morgan fingerprint density at radius 2 is 1.45 bits per heavy atom. The van der Waals surface area contributed by atoms with Crippen molar-refractivity contribution in [3.63, 3.8) is 0 Å². The highest BCUT2D eigenvalue weighted by Gasteiger charge is 2.65. The van der Waals surface area contributed by atoms with Gasteiger partial charge in [0.15, 0.2) is 5.82 Å². The molecule has 5 N–H and O–H groups in total. The van der Waals surface area contributed by atoms with E-state index in [0.29, 0.717) is 50.3 Å². The molecule has 3 aromatic carbocycles. The number of alkyl halides is 4. The molecule has 67 heavy (non-hydrogen) atoms. The van der Waals surface area contributed by atoms with Gasteiger partial charge in [-0.1, -0.05) is 30.3 Å². The lowest BCUT2D eigenvalue weighted by atomic mass is 9.77. The fraction of sp³-hybridized carbons (Fsp3) is 0.490. The van der Waals surface area contributed by atoms with Gasteiger partial charge in [0.2, 0.25) is 11.7 Å². The molecule has 1 saturated carbocycles. The molecule has 1 aromatic heterocycles. The van der Waals surface area contributed by atoms with Crippen LogP contribution in [0, 0.1) is 30.6 Å². The second-order valence-electron chi connectivity index (χ2n) is 18.9. The van der Waals surface area contributed by atoms with Gasteiger partial charge in [-0.05, 0) is 163 Å². The molecule has 6 rings (SSSR count). The number of halogens is 4. The highest BCUT2D eigenvalue weighted by atomic mass is 19.3. The number of H-pyrrole nitrogens is 1. The summed E-state index contributed by atoms with van der Waals surface area (Å²) in [5, 5.41) is 22.6. The number of benzene rings is 3. The van der Waals surface area contributed by atoms with E-state index in [1.165, 1.54) is 24.3 Å². The summed E-state index contributed by atoms with van der Waals surface area (Å²) in [7, 11) is 2.11. The predicted molar refractivity (Wildman–Crippen MR) is 243 cm³/mol. The SMILES string of the molecule is Cc1cc(C(=O)NCC2CCN(C)CC2)ccc1-c1ccc(C[C@H](CC(=O)C2CCC(CNC(=O)OC(C)(C)C)CC2)C(=O)Nc2ccc(-c3n[nH]c(C(F)(F)C(F)(F)C(=O)O)n3)cc2)cc1. The van der Waals surface area contributed by atoms with Crippen LogP contribution < -0.4 is 16.0 Å². The van der Waals surface area contributed by atoms with E-state index < -0.39 is 53.0 Å². The third kappa shape index (κ3) is 13.0. The van der Waals surface area contributed by atoms with Gasteiger partial charge < -0.3 is 30.7 Å². The van der Waals surface area contributed by atoms with Gasteiger partial charge in [0.1, 0.15) is 11.4 Å². The van der Waals surface area contributed by atoms with E-state index >= 15 is 0 Å². The van der Waals surface area contributed by atoms with Gasteiger partial charge in [-0.15, -0.1) is 0 Å². The Labute approximate surface area is 387 Å². The lowest BCUT2D eigenvalue weighted by Crippen LogP contribution is -2.45. The van der Waals surface area contributed by atoms with Gasteiger partial charge in [0.05, 0.1) is 0 Å². The first-order chi connectivity index (χ1) is 31.6. The predicted octanol–water partition coefficient (Wildman–Crippen LogP) is 8.42. The number of rotatable bonds is 17. The van der Waals surface area contributed by atoms with Gasteiger partial charge in [-0.3, -0.25) is 19.5 Å². The van der Waals surface area contributed by atoms with Gasteiger partial charge in [0.25, 0.3) is 5.91 Å². The summed E-state index contributed by atoms with van der Waals surface area (Å²) in [5.41, 5.74) is 3.93. The van der Waals surface area contributed by atoms with Crippen LogP contribution in [0.15, 0.2) is 66.7 Å². The average Bonchev–Trinajstić information content (AvgIpc) is 3.79. The molecule has 18 heteroatoms. The average molecular weight is 934 g/mol. The van der Waals surface area contributed by atoms with Crippen LogP contribution in [0.3, 0.4) is 0 Å². The molecule has 360 valence electrons. The number of nitrogens with zero attached hydrogens (tertiary/aromatic N) is 3. The van der Waals surface area contributed by atoms with Crippen molar-refractivity contribution in [1.29, 1.82) is 0 Å². The number of carboxylic acid groups (broad SMARTS) is 1. The van der Waals surface area contributed by atoms with E-state index in [0.717, 1.165) is 48.2 Å². The van der Waals surface area contributed by atoms with E-state index in [4.69, 9.17) is 9.84 Å². The number of carboxylic acids is 1. The Balaban J connectivity index is 1.12. The van der Waals surface area contributed by atoms with Crippen molar-refractivity contribution < 1.29 is 51.4 Å². The number of likely N-dealkylation sites (tertiary alicyclic amines) is 1. The minimum Gasteiger partial charge on any atom is -0.477 e. The smallest absolute Gasteiger partial charge is 0.411 e. The Kier molecular flexibility index (Phi) is 15.9. The number of alkyl carbamates (subject to hydrolysis) is 1. The van der Waals surface area contributed by atoms with Crippen molar-refractivity contribution in [3.8, 4) is 22.5 Å². The van der Waals surface area contributed by atoms with Gasteiger partial charge in [-0.2, -0.15) is 22.7 Å². The minimum atomic E-state index is -5.45. The Bertz CT molecular complexity index is 2390. The number of amides is 3. The molecule has 3 amide bonds. The molecule has 2 heterocycles. The van der Waals surface area contributed by atoms with Crippen molar-refractivity contribution in [2.45, 2.75) is 96.5 Å². The van der Waals surface area contributed by atoms with E-state index in [2.05, 4.69) is 38.0 Å². The van der Waals surface area contributed by atoms with Crippen molar-refractivity contribution in [3.05, 3.63) is 89.2 Å². The Morgan fingerprint density at radius 1 is 0.836 bits per heavy atom. The van der Waals surface area contributed by atoms with Crippen LogP contribution in [0.25, 0.3) is 22.5 Å². The van der Waals surface area contributed by atoms with Crippen molar-refractivity contribution in [2.24, 2.45) is 23.7 Å². The number of ketones is 1. The summed E-state index contributed by atoms with van der Waals surface area (Å²) < 4.78 is 61.6. The number of aromatic amines is 1. The molecule has 4 aromatic rings. The van der Waals surface area contributed by atoms with Crippen LogP contribution >= 0.6 is 0 Å². The zero-order valence-electron chi connectivity index (χ0n) is 38.4. The topological polar surface area (TPSA) is 196 Å². The maximum absolute atomic E-state index is 14.3. The largest absolute Gasteiger partial charge is 0.477 e. The molecule has 2 fully saturated rings. The number of aryl methyl sites for hydroxylation is 1. The number of aromatic nitrogens is 3. The minimum absolute atomic E-state index is 0.0489. The maximum atomic E-state index is 14.3. The second-order valence-corrected chi connectivity index (χ2v) is 18.9.